The topological polar surface area (TPSA) is 88.4 Å². The van der Waals surface area contributed by atoms with Gasteiger partial charge in [0.05, 0.1) is 11.8 Å². The fourth-order valence-electron chi connectivity index (χ4n) is 5.25. The number of fused-ring (bicyclic) bond motifs is 1. The Morgan fingerprint density at radius 2 is 1.70 bits per heavy atom. The molecule has 0 aromatic carbocycles. The van der Waals surface area contributed by atoms with Gasteiger partial charge in [-0.25, -0.2) is 12.7 Å². The van der Waals surface area contributed by atoms with E-state index in [1.165, 1.54) is 6.42 Å². The fraction of sp³-hybridized carbons (Fsp3) is 0.857. The second-order valence-corrected chi connectivity index (χ2v) is 12.2. The Balaban J connectivity index is 1.42. The smallest absolute Gasteiger partial charge is 0.228 e. The van der Waals surface area contributed by atoms with Gasteiger partial charge < -0.3 is 9.47 Å². The van der Waals surface area contributed by atoms with Gasteiger partial charge in [0.15, 0.2) is 5.82 Å². The van der Waals surface area contributed by atoms with Gasteiger partial charge in [-0.2, -0.15) is 0 Å². The highest BCUT2D eigenvalue weighted by molar-refractivity contribution is 7.89. The van der Waals surface area contributed by atoms with Gasteiger partial charge in [-0.05, 0) is 39.5 Å². The third kappa shape index (κ3) is 3.90. The van der Waals surface area contributed by atoms with Crippen molar-refractivity contribution in [3.05, 3.63) is 11.6 Å². The molecule has 1 aliphatic carbocycles. The number of aromatic nitrogens is 3. The summed E-state index contributed by atoms with van der Waals surface area (Å²) >= 11 is 0. The van der Waals surface area contributed by atoms with Gasteiger partial charge in [-0.3, -0.25) is 4.79 Å². The number of carbonyl (C=O) groups is 1. The molecule has 0 atom stereocenters. The molecule has 3 heterocycles. The summed E-state index contributed by atoms with van der Waals surface area (Å²) in [6, 6.07) is 0. The van der Waals surface area contributed by atoms with Crippen molar-refractivity contribution < 1.29 is 13.2 Å². The van der Waals surface area contributed by atoms with Crippen LogP contribution in [0.3, 0.4) is 0 Å². The number of nitrogens with zero attached hydrogens (tertiary/aromatic N) is 5. The van der Waals surface area contributed by atoms with Gasteiger partial charge >= 0.3 is 0 Å². The Morgan fingerprint density at radius 3 is 2.33 bits per heavy atom. The fourth-order valence-corrected chi connectivity index (χ4v) is 6.57. The Labute approximate surface area is 180 Å². The molecular formula is C21H35N5O3S. The van der Waals surface area contributed by atoms with Gasteiger partial charge in [0.2, 0.25) is 15.9 Å². The van der Waals surface area contributed by atoms with E-state index in [0.29, 0.717) is 26.2 Å². The average molecular weight is 438 g/mol. The van der Waals surface area contributed by atoms with E-state index in [2.05, 4.69) is 21.7 Å². The van der Waals surface area contributed by atoms with Gasteiger partial charge in [0, 0.05) is 37.5 Å². The molecule has 8 nitrogen and oxygen atoms in total. The Hall–Kier alpha value is -1.48. The van der Waals surface area contributed by atoms with Crippen LogP contribution in [-0.2, 0) is 27.9 Å². The molecule has 0 radical (unpaired) electrons. The molecule has 1 saturated heterocycles. The minimum Gasteiger partial charge on any atom is -0.333 e. The van der Waals surface area contributed by atoms with E-state index in [9.17, 15) is 13.2 Å². The van der Waals surface area contributed by atoms with Crippen LogP contribution in [0.5, 0.6) is 0 Å². The molecule has 168 valence electrons. The van der Waals surface area contributed by atoms with Crippen molar-refractivity contribution in [2.45, 2.75) is 90.0 Å². The quantitative estimate of drug-likeness (QED) is 0.722. The molecule has 0 N–H and O–H groups in total. The van der Waals surface area contributed by atoms with Crippen molar-refractivity contribution in [2.75, 3.05) is 19.6 Å². The maximum absolute atomic E-state index is 13.2. The Bertz CT molecular complexity index is 880. The minimum atomic E-state index is -3.20. The third-order valence-corrected chi connectivity index (χ3v) is 9.59. The molecule has 1 amide bonds. The number of hydrogen-bond donors (Lipinski definition) is 0. The van der Waals surface area contributed by atoms with Crippen LogP contribution < -0.4 is 0 Å². The lowest BCUT2D eigenvalue weighted by Crippen LogP contribution is -2.47. The summed E-state index contributed by atoms with van der Waals surface area (Å²) in [6.07, 6.45) is 7.02. The first-order chi connectivity index (χ1) is 14.2. The minimum absolute atomic E-state index is 0.224. The predicted molar refractivity (Wildman–Crippen MR) is 114 cm³/mol. The summed E-state index contributed by atoms with van der Waals surface area (Å²) in [5, 5.41) is 8.51. The van der Waals surface area contributed by atoms with Gasteiger partial charge in [-0.1, -0.05) is 26.2 Å². The largest absolute Gasteiger partial charge is 0.333 e. The SMILES string of the molecule is CC(C)S(=O)(=O)N1CCC(c2nnc3n2CCN(C(=O)C2(C)CCCCC2)C3)CC1. The molecule has 2 fully saturated rings. The molecule has 4 rings (SSSR count). The summed E-state index contributed by atoms with van der Waals surface area (Å²) in [4.78, 5) is 15.2. The molecule has 1 aromatic rings. The number of sulfonamides is 1. The maximum atomic E-state index is 13.2. The van der Waals surface area contributed by atoms with E-state index in [1.54, 1.807) is 18.2 Å². The van der Waals surface area contributed by atoms with Crippen molar-refractivity contribution in [1.29, 1.82) is 0 Å². The highest BCUT2D eigenvalue weighted by atomic mass is 32.2. The zero-order valence-corrected chi connectivity index (χ0v) is 19.3. The standard InChI is InChI=1S/C21H35N5O3S/c1-16(2)30(28,29)25-11-7-17(8-12-25)19-23-22-18-15-24(13-14-26(18)19)20(27)21(3)9-5-4-6-10-21/h16-17H,4-15H2,1-3H3. The molecule has 0 unspecified atom stereocenters. The predicted octanol–water partition coefficient (Wildman–Crippen LogP) is 2.51. The summed E-state index contributed by atoms with van der Waals surface area (Å²) in [5.74, 6) is 2.32. The van der Waals surface area contributed by atoms with E-state index in [-0.39, 0.29) is 22.5 Å². The lowest BCUT2D eigenvalue weighted by Gasteiger charge is -2.39. The second kappa shape index (κ2) is 8.22. The van der Waals surface area contributed by atoms with Crippen LogP contribution in [-0.4, -0.2) is 63.2 Å². The zero-order valence-electron chi connectivity index (χ0n) is 18.5. The molecule has 30 heavy (non-hydrogen) atoms. The van der Waals surface area contributed by atoms with Crippen molar-refractivity contribution in [2.24, 2.45) is 5.41 Å². The van der Waals surface area contributed by atoms with Gasteiger partial charge in [0.1, 0.15) is 5.82 Å². The van der Waals surface area contributed by atoms with Crippen LogP contribution >= 0.6 is 0 Å². The maximum Gasteiger partial charge on any atom is 0.228 e. The number of piperidine rings is 1. The first-order valence-corrected chi connectivity index (χ1v) is 12.9. The first kappa shape index (κ1) is 21.7. The van der Waals surface area contributed by atoms with Crippen LogP contribution in [0.15, 0.2) is 0 Å². The number of carbonyl (C=O) groups excluding carboxylic acids is 1. The monoisotopic (exact) mass is 437 g/mol. The summed E-state index contributed by atoms with van der Waals surface area (Å²) in [7, 11) is -3.20. The van der Waals surface area contributed by atoms with Crippen LogP contribution in [0.4, 0.5) is 0 Å². The molecule has 2 aliphatic heterocycles. The van der Waals surface area contributed by atoms with Crippen LogP contribution in [0.2, 0.25) is 0 Å². The lowest BCUT2D eigenvalue weighted by atomic mass is 9.74. The molecular weight excluding hydrogens is 402 g/mol. The summed E-state index contributed by atoms with van der Waals surface area (Å²) in [6.45, 7) is 8.62. The normalized spacial score (nSPS) is 23.5. The van der Waals surface area contributed by atoms with E-state index in [4.69, 9.17) is 0 Å². The van der Waals surface area contributed by atoms with Gasteiger partial charge in [-0.15, -0.1) is 10.2 Å². The Morgan fingerprint density at radius 1 is 1.03 bits per heavy atom. The summed E-state index contributed by atoms with van der Waals surface area (Å²) in [5.41, 5.74) is -0.224. The Kier molecular flexibility index (Phi) is 5.96. The third-order valence-electron chi connectivity index (χ3n) is 7.32. The molecule has 0 bridgehead atoms. The van der Waals surface area contributed by atoms with Crippen LogP contribution in [0.25, 0.3) is 0 Å². The molecule has 3 aliphatic rings. The molecule has 9 heteroatoms. The molecule has 1 aromatic heterocycles. The van der Waals surface area contributed by atoms with E-state index in [0.717, 1.165) is 56.7 Å². The van der Waals surface area contributed by atoms with E-state index < -0.39 is 10.0 Å². The number of hydrogen-bond acceptors (Lipinski definition) is 5. The molecule has 0 spiro atoms. The number of amides is 1. The van der Waals surface area contributed by atoms with Crippen molar-refractivity contribution >= 4 is 15.9 Å². The van der Waals surface area contributed by atoms with Crippen molar-refractivity contribution in [3.8, 4) is 0 Å². The second-order valence-electron chi connectivity index (χ2n) is 9.74. The van der Waals surface area contributed by atoms with Crippen molar-refractivity contribution in [3.63, 3.8) is 0 Å². The lowest BCUT2D eigenvalue weighted by molar-refractivity contribution is -0.144. The van der Waals surface area contributed by atoms with E-state index in [1.807, 2.05) is 4.90 Å². The van der Waals surface area contributed by atoms with Crippen molar-refractivity contribution in [1.82, 2.24) is 24.0 Å². The molecule has 1 saturated carbocycles. The highest BCUT2D eigenvalue weighted by Crippen LogP contribution is 2.38. The van der Waals surface area contributed by atoms with Gasteiger partial charge in [0.25, 0.3) is 0 Å². The van der Waals surface area contributed by atoms with E-state index >= 15 is 0 Å². The van der Waals surface area contributed by atoms with Crippen LogP contribution in [0, 0.1) is 5.41 Å². The van der Waals surface area contributed by atoms with Crippen LogP contribution in [0.1, 0.15) is 83.3 Å². The highest BCUT2D eigenvalue weighted by Gasteiger charge is 2.40. The zero-order chi connectivity index (χ0) is 21.5. The number of rotatable bonds is 4. The summed E-state index contributed by atoms with van der Waals surface area (Å²) < 4.78 is 28.6. The average Bonchev–Trinajstić information content (AvgIpc) is 3.17. The first-order valence-electron chi connectivity index (χ1n) is 11.4.